The number of aldehydes is 1. The number of carbonyl (C=O) groups is 3. The van der Waals surface area contributed by atoms with E-state index in [1.165, 1.54) is 0 Å². The van der Waals surface area contributed by atoms with Crippen LogP contribution in [-0.2, 0) is 17.8 Å². The molecule has 3 fully saturated rings. The van der Waals surface area contributed by atoms with Gasteiger partial charge in [-0.05, 0) is 63.2 Å². The molecular weight excluding hydrogens is 627 g/mol. The Hall–Kier alpha value is -2.73. The molecule has 248 valence electrons. The number of halogens is 2. The van der Waals surface area contributed by atoms with Crippen molar-refractivity contribution in [2.24, 2.45) is 0 Å². The molecule has 12 heteroatoms. The molecule has 3 amide bonds. The van der Waals surface area contributed by atoms with Gasteiger partial charge in [-0.2, -0.15) is 4.79 Å². The number of hydrogen-bond acceptors (Lipinski definition) is 6. The number of quaternary nitrogens is 1. The molecule has 0 aromatic heterocycles. The SMILES string of the molecule is CN1CCC(N2CCN(C3(CC=O)CC(N4CCc5ccccc5NC4=O)CC[N@+]3(Cc3ccc(Cl)c(Cl)c3)C(=O)O)CC2)CC1. The molecule has 2 aromatic carbocycles. The third-order valence-corrected chi connectivity index (χ3v) is 11.8. The van der Waals surface area contributed by atoms with E-state index in [1.54, 1.807) is 12.1 Å². The van der Waals surface area contributed by atoms with Gasteiger partial charge in [0.2, 0.25) is 0 Å². The Bertz CT molecular complexity index is 1450. The largest absolute Gasteiger partial charge is 0.515 e. The number of nitrogens with one attached hydrogen (secondary N) is 1. The van der Waals surface area contributed by atoms with E-state index in [0.717, 1.165) is 62.1 Å². The molecule has 2 N–H and O–H groups in total. The van der Waals surface area contributed by atoms with Gasteiger partial charge in [-0.3, -0.25) is 4.90 Å². The van der Waals surface area contributed by atoms with E-state index in [1.807, 2.05) is 35.2 Å². The van der Waals surface area contributed by atoms with Crippen molar-refractivity contribution < 1.29 is 24.0 Å². The van der Waals surface area contributed by atoms with Crippen molar-refractivity contribution in [3.63, 3.8) is 0 Å². The predicted molar refractivity (Wildman–Crippen MR) is 179 cm³/mol. The number of fused-ring (bicyclic) bond motifs is 1. The Morgan fingerprint density at radius 3 is 2.43 bits per heavy atom. The molecular formula is C34H45Cl2N6O4+. The van der Waals surface area contributed by atoms with Gasteiger partial charge < -0.3 is 25.0 Å². The standard InChI is InChI=1S/C34H44Cl2N6O4/c1-38-13-9-27(10-14-38)39-16-18-40(19-17-39)34(12-21-43)23-28(41-15-8-26-4-2-3-5-31(26)37-32(41)44)11-20-42(34,33(45)46)24-25-6-7-29(35)30(36)22-25/h2-7,21-22,27-28H,8-20,23-24H2,1H3,(H-,37,44,45,46)/p+1/t28?,34?,42-/m0/s1. The average Bonchev–Trinajstić information content (AvgIpc) is 3.22. The van der Waals surface area contributed by atoms with Crippen LogP contribution in [0, 0.1) is 0 Å². The number of urea groups is 1. The molecule has 10 nitrogen and oxygen atoms in total. The minimum absolute atomic E-state index is 0.0427. The number of nitrogens with zero attached hydrogens (tertiary/aromatic N) is 5. The first-order chi connectivity index (χ1) is 22.2. The van der Waals surface area contributed by atoms with Gasteiger partial charge in [0.1, 0.15) is 12.8 Å². The number of piperazine rings is 1. The number of likely N-dealkylation sites (tertiary alicyclic amines) is 2. The fourth-order valence-electron chi connectivity index (χ4n) is 8.54. The molecule has 6 rings (SSSR count). The van der Waals surface area contributed by atoms with Gasteiger partial charge >= 0.3 is 12.1 Å². The molecule has 2 aromatic rings. The van der Waals surface area contributed by atoms with Crippen molar-refractivity contribution >= 4 is 47.3 Å². The number of anilines is 1. The lowest BCUT2D eigenvalue weighted by atomic mass is 9.82. The predicted octanol–water partition coefficient (Wildman–Crippen LogP) is 5.24. The summed E-state index contributed by atoms with van der Waals surface area (Å²) in [6, 6.07) is 13.2. The topological polar surface area (TPSA) is 96.4 Å². The van der Waals surface area contributed by atoms with E-state index in [4.69, 9.17) is 23.2 Å². The third kappa shape index (κ3) is 6.28. The van der Waals surface area contributed by atoms with Gasteiger partial charge in [-0.1, -0.05) is 47.5 Å². The minimum Gasteiger partial charge on any atom is -0.435 e. The molecule has 4 aliphatic heterocycles. The van der Waals surface area contributed by atoms with Crippen LogP contribution in [0.25, 0.3) is 0 Å². The number of rotatable bonds is 7. The van der Waals surface area contributed by atoms with Crippen LogP contribution in [0.3, 0.4) is 0 Å². The van der Waals surface area contributed by atoms with Crippen LogP contribution in [0.2, 0.25) is 10.0 Å². The second kappa shape index (κ2) is 13.8. The van der Waals surface area contributed by atoms with Gasteiger partial charge in [-0.25, -0.2) is 14.2 Å². The minimum atomic E-state index is -1.07. The van der Waals surface area contributed by atoms with Gasteiger partial charge in [0.05, 0.1) is 23.0 Å². The Morgan fingerprint density at radius 1 is 1.00 bits per heavy atom. The molecule has 0 radical (unpaired) electrons. The van der Waals surface area contributed by atoms with Crippen LogP contribution in [0.1, 0.15) is 43.2 Å². The lowest BCUT2D eigenvalue weighted by Gasteiger charge is -2.59. The van der Waals surface area contributed by atoms with Crippen molar-refractivity contribution in [1.82, 2.24) is 19.6 Å². The van der Waals surface area contributed by atoms with Gasteiger partial charge in [0, 0.05) is 68.9 Å². The zero-order valence-corrected chi connectivity index (χ0v) is 28.1. The van der Waals surface area contributed by atoms with Crippen LogP contribution < -0.4 is 5.32 Å². The average molecular weight is 673 g/mol. The number of para-hydroxylation sites is 1. The third-order valence-electron chi connectivity index (χ3n) is 11.1. The van der Waals surface area contributed by atoms with E-state index in [2.05, 4.69) is 27.1 Å². The molecule has 3 saturated heterocycles. The highest BCUT2D eigenvalue weighted by molar-refractivity contribution is 6.42. The Balaban J connectivity index is 1.35. The Kier molecular flexibility index (Phi) is 9.94. The maximum absolute atomic E-state index is 13.7. The maximum Gasteiger partial charge on any atom is 0.515 e. The highest BCUT2D eigenvalue weighted by atomic mass is 35.5. The van der Waals surface area contributed by atoms with Crippen molar-refractivity contribution in [2.75, 3.05) is 64.7 Å². The van der Waals surface area contributed by atoms with Crippen molar-refractivity contribution in [2.45, 2.75) is 62.8 Å². The highest BCUT2D eigenvalue weighted by Crippen LogP contribution is 2.45. The van der Waals surface area contributed by atoms with E-state index >= 15 is 0 Å². The van der Waals surface area contributed by atoms with Crippen molar-refractivity contribution in [3.8, 4) is 0 Å². The number of piperidine rings is 2. The lowest BCUT2D eigenvalue weighted by molar-refractivity contribution is -0.942. The summed E-state index contributed by atoms with van der Waals surface area (Å²) in [6.07, 6.45) is 3.76. The second-order valence-corrected chi connectivity index (χ2v) is 14.3. The van der Waals surface area contributed by atoms with Gasteiger partial charge in [0.15, 0.2) is 5.66 Å². The van der Waals surface area contributed by atoms with Crippen molar-refractivity contribution in [3.05, 3.63) is 63.6 Å². The van der Waals surface area contributed by atoms with Crippen LogP contribution in [0.15, 0.2) is 42.5 Å². The smallest absolute Gasteiger partial charge is 0.435 e. The number of carboxylic acid groups (broad SMARTS) is 1. The summed E-state index contributed by atoms with van der Waals surface area (Å²) in [4.78, 5) is 49.2. The van der Waals surface area contributed by atoms with Crippen LogP contribution in [0.4, 0.5) is 15.3 Å². The van der Waals surface area contributed by atoms with Gasteiger partial charge in [0.25, 0.3) is 0 Å². The molecule has 3 atom stereocenters. The first-order valence-electron chi connectivity index (χ1n) is 16.5. The lowest BCUT2D eigenvalue weighted by Crippen LogP contribution is -2.79. The zero-order chi connectivity index (χ0) is 32.5. The summed E-state index contributed by atoms with van der Waals surface area (Å²) in [6.45, 7) is 6.02. The first-order valence-corrected chi connectivity index (χ1v) is 17.2. The van der Waals surface area contributed by atoms with Crippen LogP contribution in [0.5, 0.6) is 0 Å². The second-order valence-electron chi connectivity index (χ2n) is 13.5. The number of benzene rings is 2. The fourth-order valence-corrected chi connectivity index (χ4v) is 8.86. The summed E-state index contributed by atoms with van der Waals surface area (Å²) >= 11 is 12.7. The Morgan fingerprint density at radius 2 is 1.74 bits per heavy atom. The van der Waals surface area contributed by atoms with Crippen LogP contribution in [-0.4, -0.2) is 125 Å². The van der Waals surface area contributed by atoms with Crippen molar-refractivity contribution in [1.29, 1.82) is 0 Å². The number of amides is 3. The highest BCUT2D eigenvalue weighted by Gasteiger charge is 2.64. The first kappa shape index (κ1) is 33.2. The normalized spacial score (nSPS) is 28.7. The molecule has 2 unspecified atom stereocenters. The van der Waals surface area contributed by atoms with Gasteiger partial charge in [-0.15, -0.1) is 0 Å². The molecule has 0 saturated carbocycles. The summed E-state index contributed by atoms with van der Waals surface area (Å²) in [5.41, 5.74) is 1.57. The Labute approximate surface area is 281 Å². The number of hydrogen-bond donors (Lipinski definition) is 2. The fraction of sp³-hybridized carbons (Fsp3) is 0.559. The zero-order valence-electron chi connectivity index (χ0n) is 26.5. The maximum atomic E-state index is 13.7. The van der Waals surface area contributed by atoms with Crippen LogP contribution >= 0.6 is 23.2 Å². The van der Waals surface area contributed by atoms with E-state index in [0.29, 0.717) is 55.0 Å². The quantitative estimate of drug-likeness (QED) is 0.307. The van der Waals surface area contributed by atoms with E-state index in [-0.39, 0.29) is 36.1 Å². The van der Waals surface area contributed by atoms with E-state index in [9.17, 15) is 19.5 Å². The molecule has 0 bridgehead atoms. The summed E-state index contributed by atoms with van der Waals surface area (Å²) in [5.74, 6) is 0. The van der Waals surface area contributed by atoms with E-state index < -0.39 is 11.8 Å². The summed E-state index contributed by atoms with van der Waals surface area (Å²) < 4.78 is -0.329. The molecule has 0 spiro atoms. The molecule has 4 heterocycles. The molecule has 0 aliphatic carbocycles. The molecule has 46 heavy (non-hydrogen) atoms. The monoisotopic (exact) mass is 671 g/mol. The summed E-state index contributed by atoms with van der Waals surface area (Å²) in [5, 5.41) is 15.1. The molecule has 4 aliphatic rings. The number of carbonyl (C=O) groups excluding carboxylic acids is 2. The summed E-state index contributed by atoms with van der Waals surface area (Å²) in [7, 11) is 2.16.